The van der Waals surface area contributed by atoms with E-state index in [0.29, 0.717) is 35.6 Å². The Morgan fingerprint density at radius 3 is 2.33 bits per heavy atom. The van der Waals surface area contributed by atoms with Crippen LogP contribution in [0, 0.1) is 6.92 Å². The Morgan fingerprint density at radius 2 is 1.63 bits per heavy atom. The van der Waals surface area contributed by atoms with Crippen LogP contribution in [0.15, 0.2) is 54.6 Å². The third-order valence-corrected chi connectivity index (χ3v) is 5.33. The molecule has 0 saturated heterocycles. The molecule has 0 aliphatic heterocycles. The number of aromatic hydroxyl groups is 1. The summed E-state index contributed by atoms with van der Waals surface area (Å²) in [6.45, 7) is 2.76. The van der Waals surface area contributed by atoms with Gasteiger partial charge in [-0.3, -0.25) is 0 Å². The second-order valence-corrected chi connectivity index (χ2v) is 6.94. The summed E-state index contributed by atoms with van der Waals surface area (Å²) in [5, 5.41) is 12.8. The van der Waals surface area contributed by atoms with Crippen LogP contribution >= 0.6 is 0 Å². The van der Waals surface area contributed by atoms with Gasteiger partial charge in [-0.25, -0.2) is 4.79 Å². The molecule has 30 heavy (non-hydrogen) atoms. The van der Waals surface area contributed by atoms with Gasteiger partial charge in [0.25, 0.3) is 0 Å². The highest BCUT2D eigenvalue weighted by Gasteiger charge is 2.23. The molecular formula is C24H23NO5. The molecule has 1 aromatic heterocycles. The van der Waals surface area contributed by atoms with Gasteiger partial charge in [-0.1, -0.05) is 36.4 Å². The number of fused-ring (bicyclic) bond motifs is 3. The van der Waals surface area contributed by atoms with E-state index in [9.17, 15) is 9.90 Å². The van der Waals surface area contributed by atoms with E-state index in [0.717, 1.165) is 22.0 Å². The Labute approximate surface area is 174 Å². The molecule has 154 valence electrons. The van der Waals surface area contributed by atoms with Gasteiger partial charge in [0, 0.05) is 21.9 Å². The summed E-state index contributed by atoms with van der Waals surface area (Å²) in [7, 11) is 2.96. The van der Waals surface area contributed by atoms with E-state index < -0.39 is 5.97 Å². The van der Waals surface area contributed by atoms with Gasteiger partial charge < -0.3 is 23.9 Å². The molecule has 6 nitrogen and oxygen atoms in total. The van der Waals surface area contributed by atoms with Gasteiger partial charge >= 0.3 is 5.97 Å². The molecule has 1 N–H and O–H groups in total. The lowest BCUT2D eigenvalue weighted by atomic mass is 10.0. The van der Waals surface area contributed by atoms with Gasteiger partial charge in [0.05, 0.1) is 31.8 Å². The lowest BCUT2D eigenvalue weighted by Gasteiger charge is -2.13. The third kappa shape index (κ3) is 3.20. The highest BCUT2D eigenvalue weighted by Crippen LogP contribution is 2.37. The van der Waals surface area contributed by atoms with Crippen molar-refractivity contribution < 1.29 is 24.1 Å². The highest BCUT2D eigenvalue weighted by molar-refractivity contribution is 6.16. The number of aromatic nitrogens is 1. The fourth-order valence-corrected chi connectivity index (χ4v) is 3.94. The lowest BCUT2D eigenvalue weighted by Crippen LogP contribution is -2.11. The van der Waals surface area contributed by atoms with Crippen molar-refractivity contribution in [1.29, 1.82) is 0 Å². The molecule has 4 rings (SSSR count). The zero-order valence-electron chi connectivity index (χ0n) is 17.1. The van der Waals surface area contributed by atoms with Crippen LogP contribution in [0.25, 0.3) is 21.7 Å². The van der Waals surface area contributed by atoms with Crippen LogP contribution in [0.5, 0.6) is 17.2 Å². The van der Waals surface area contributed by atoms with E-state index >= 15 is 0 Å². The molecule has 0 radical (unpaired) electrons. The van der Waals surface area contributed by atoms with E-state index in [2.05, 4.69) is 0 Å². The van der Waals surface area contributed by atoms with E-state index in [4.69, 9.17) is 14.2 Å². The molecule has 0 bridgehead atoms. The standard InChI is InChI=1S/C24H23NO5/c1-15-22(24(27)29-3)18-14-19(26)16-8-4-5-9-17(16)23(18)25(15)12-13-30-21-11-7-6-10-20(21)28-2/h4-11,14,26H,12-13H2,1-3H3. The van der Waals surface area contributed by atoms with Crippen LogP contribution < -0.4 is 9.47 Å². The SMILES string of the molecule is COC(=O)c1c(C)n(CCOc2ccccc2OC)c2c1cc(O)c1ccccc12. The van der Waals surface area contributed by atoms with E-state index in [-0.39, 0.29) is 5.75 Å². The topological polar surface area (TPSA) is 69.9 Å². The van der Waals surface area contributed by atoms with Crippen molar-refractivity contribution in [3.63, 3.8) is 0 Å². The van der Waals surface area contributed by atoms with Gasteiger partial charge in [0.15, 0.2) is 11.5 Å². The monoisotopic (exact) mass is 405 g/mol. The summed E-state index contributed by atoms with van der Waals surface area (Å²) >= 11 is 0. The van der Waals surface area contributed by atoms with Crippen molar-refractivity contribution in [2.45, 2.75) is 13.5 Å². The quantitative estimate of drug-likeness (QED) is 0.472. The number of carbonyl (C=O) groups is 1. The first-order valence-corrected chi connectivity index (χ1v) is 9.64. The number of carbonyl (C=O) groups excluding carboxylic acids is 1. The molecule has 1 heterocycles. The number of para-hydroxylation sites is 2. The Morgan fingerprint density at radius 1 is 0.967 bits per heavy atom. The van der Waals surface area contributed by atoms with Crippen LogP contribution in [-0.4, -0.2) is 36.5 Å². The molecule has 0 aliphatic rings. The minimum atomic E-state index is -0.434. The number of ether oxygens (including phenoxy) is 3. The molecule has 4 aromatic rings. The Balaban J connectivity index is 1.81. The van der Waals surface area contributed by atoms with Crippen LogP contribution in [0.4, 0.5) is 0 Å². The number of esters is 1. The second kappa shape index (κ2) is 7.99. The summed E-state index contributed by atoms with van der Waals surface area (Å²) in [5.74, 6) is 1.02. The smallest absolute Gasteiger partial charge is 0.340 e. The first kappa shape index (κ1) is 19.6. The summed E-state index contributed by atoms with van der Waals surface area (Å²) in [4.78, 5) is 12.5. The van der Waals surface area contributed by atoms with Crippen molar-refractivity contribution in [1.82, 2.24) is 4.57 Å². The number of benzene rings is 3. The molecule has 0 amide bonds. The number of phenols is 1. The largest absolute Gasteiger partial charge is 0.507 e. The van der Waals surface area contributed by atoms with Crippen molar-refractivity contribution >= 4 is 27.6 Å². The predicted molar refractivity (Wildman–Crippen MR) is 116 cm³/mol. The maximum absolute atomic E-state index is 12.5. The predicted octanol–water partition coefficient (Wildman–Crippen LogP) is 4.68. The number of hydrogen-bond acceptors (Lipinski definition) is 5. The fraction of sp³-hybridized carbons (Fsp3) is 0.208. The summed E-state index contributed by atoms with van der Waals surface area (Å²) < 4.78 is 18.4. The molecule has 0 saturated carbocycles. The molecule has 0 atom stereocenters. The van der Waals surface area contributed by atoms with E-state index in [1.807, 2.05) is 60.0 Å². The third-order valence-electron chi connectivity index (χ3n) is 5.33. The van der Waals surface area contributed by atoms with Gasteiger partial charge in [0.2, 0.25) is 0 Å². The van der Waals surface area contributed by atoms with E-state index in [1.54, 1.807) is 13.2 Å². The average Bonchev–Trinajstić information content (AvgIpc) is 3.05. The average molecular weight is 405 g/mol. The fourth-order valence-electron chi connectivity index (χ4n) is 3.94. The number of rotatable bonds is 6. The van der Waals surface area contributed by atoms with Crippen molar-refractivity contribution in [3.8, 4) is 17.2 Å². The Kier molecular flexibility index (Phi) is 5.23. The number of methoxy groups -OCH3 is 2. The maximum atomic E-state index is 12.5. The molecule has 6 heteroatoms. The summed E-state index contributed by atoms with van der Waals surface area (Å²) in [6, 6.07) is 16.7. The lowest BCUT2D eigenvalue weighted by molar-refractivity contribution is 0.0601. The summed E-state index contributed by atoms with van der Waals surface area (Å²) in [6.07, 6.45) is 0. The number of phenolic OH excluding ortho intramolecular Hbond substituents is 1. The number of nitrogens with zero attached hydrogens (tertiary/aromatic N) is 1. The second-order valence-electron chi connectivity index (χ2n) is 6.94. The van der Waals surface area contributed by atoms with Crippen LogP contribution in [0.1, 0.15) is 16.1 Å². The Bertz CT molecular complexity index is 1240. The zero-order chi connectivity index (χ0) is 21.3. The molecule has 0 unspecified atom stereocenters. The molecule has 0 aliphatic carbocycles. The Hall–Kier alpha value is -3.67. The normalized spacial score (nSPS) is 11.0. The van der Waals surface area contributed by atoms with Gasteiger partial charge in [-0.2, -0.15) is 0 Å². The minimum absolute atomic E-state index is 0.130. The van der Waals surface area contributed by atoms with Gasteiger partial charge in [-0.05, 0) is 25.1 Å². The van der Waals surface area contributed by atoms with Crippen molar-refractivity contribution in [3.05, 3.63) is 65.9 Å². The molecule has 0 fully saturated rings. The van der Waals surface area contributed by atoms with Gasteiger partial charge in [0.1, 0.15) is 12.4 Å². The molecule has 0 spiro atoms. The number of hydrogen-bond donors (Lipinski definition) is 1. The van der Waals surface area contributed by atoms with Gasteiger partial charge in [-0.15, -0.1) is 0 Å². The first-order valence-electron chi connectivity index (χ1n) is 9.64. The minimum Gasteiger partial charge on any atom is -0.507 e. The first-order chi connectivity index (χ1) is 14.6. The van der Waals surface area contributed by atoms with Crippen LogP contribution in [-0.2, 0) is 11.3 Å². The highest BCUT2D eigenvalue weighted by atomic mass is 16.5. The van der Waals surface area contributed by atoms with E-state index in [1.165, 1.54) is 7.11 Å². The zero-order valence-corrected chi connectivity index (χ0v) is 17.1. The molecular weight excluding hydrogens is 382 g/mol. The molecule has 3 aromatic carbocycles. The van der Waals surface area contributed by atoms with Crippen LogP contribution in [0.3, 0.4) is 0 Å². The van der Waals surface area contributed by atoms with Crippen molar-refractivity contribution in [2.75, 3.05) is 20.8 Å². The van der Waals surface area contributed by atoms with Crippen LogP contribution in [0.2, 0.25) is 0 Å². The summed E-state index contributed by atoms with van der Waals surface area (Å²) in [5.41, 5.74) is 2.08. The maximum Gasteiger partial charge on any atom is 0.340 e. The van der Waals surface area contributed by atoms with Crippen molar-refractivity contribution in [2.24, 2.45) is 0 Å².